The predicted octanol–water partition coefficient (Wildman–Crippen LogP) is 1.83. The second-order valence-electron chi connectivity index (χ2n) is 6.05. The summed E-state index contributed by atoms with van der Waals surface area (Å²) in [4.78, 5) is 6.98. The first-order valence-corrected chi connectivity index (χ1v) is 8.37. The number of ether oxygens (including phenoxy) is 3. The summed E-state index contributed by atoms with van der Waals surface area (Å²) in [5.41, 5.74) is 7.41. The highest BCUT2D eigenvalue weighted by Crippen LogP contribution is 2.34. The zero-order chi connectivity index (χ0) is 17.8. The van der Waals surface area contributed by atoms with Crippen LogP contribution in [-0.2, 0) is 11.3 Å². The van der Waals surface area contributed by atoms with Gasteiger partial charge >= 0.3 is 0 Å². The number of nitrogens with zero attached hydrogens (tertiary/aromatic N) is 2. The fraction of sp³-hybridized carbons (Fsp3) is 0.500. The van der Waals surface area contributed by atoms with Crippen molar-refractivity contribution < 1.29 is 18.6 Å². The Morgan fingerprint density at radius 1 is 1.32 bits per heavy atom. The maximum absolute atomic E-state index is 5.91. The molecule has 1 fully saturated rings. The Balaban J connectivity index is 1.83. The molecule has 0 bridgehead atoms. The number of hydrogen-bond acceptors (Lipinski definition) is 7. The van der Waals surface area contributed by atoms with Crippen LogP contribution in [0, 0.1) is 6.92 Å². The van der Waals surface area contributed by atoms with Crippen LogP contribution in [0.3, 0.4) is 0 Å². The van der Waals surface area contributed by atoms with Gasteiger partial charge in [-0.25, -0.2) is 4.98 Å². The van der Waals surface area contributed by atoms with Gasteiger partial charge < -0.3 is 24.4 Å². The molecule has 25 heavy (non-hydrogen) atoms. The average molecular weight is 347 g/mol. The number of aryl methyl sites for hydroxylation is 1. The van der Waals surface area contributed by atoms with E-state index in [1.807, 2.05) is 25.1 Å². The van der Waals surface area contributed by atoms with Crippen LogP contribution in [0.5, 0.6) is 11.5 Å². The lowest BCUT2D eigenvalue weighted by Gasteiger charge is -2.31. The maximum atomic E-state index is 5.91. The van der Waals surface area contributed by atoms with Crippen molar-refractivity contribution in [3.63, 3.8) is 0 Å². The normalized spacial score (nSPS) is 18.3. The molecule has 1 atom stereocenters. The number of morpholine rings is 1. The molecule has 1 aliphatic rings. The zero-order valence-corrected chi connectivity index (χ0v) is 14.9. The van der Waals surface area contributed by atoms with Crippen molar-refractivity contribution in [1.82, 2.24) is 9.88 Å². The second-order valence-corrected chi connectivity index (χ2v) is 6.05. The Morgan fingerprint density at radius 3 is 2.88 bits per heavy atom. The minimum Gasteiger partial charge on any atom is -0.497 e. The third-order valence-electron chi connectivity index (χ3n) is 4.39. The molecule has 7 heteroatoms. The second kappa shape index (κ2) is 7.86. The van der Waals surface area contributed by atoms with Crippen molar-refractivity contribution >= 4 is 0 Å². The number of rotatable bonds is 6. The topological polar surface area (TPSA) is 83.0 Å². The predicted molar refractivity (Wildman–Crippen MR) is 93.9 cm³/mol. The lowest BCUT2D eigenvalue weighted by Crippen LogP contribution is -2.45. The smallest absolute Gasteiger partial charge is 0.230 e. The Morgan fingerprint density at radius 2 is 2.16 bits per heavy atom. The first kappa shape index (κ1) is 17.7. The molecular weight excluding hydrogens is 322 g/mol. The molecule has 0 radical (unpaired) electrons. The molecule has 0 aliphatic carbocycles. The van der Waals surface area contributed by atoms with E-state index in [-0.39, 0.29) is 6.10 Å². The van der Waals surface area contributed by atoms with Crippen molar-refractivity contribution in [3.05, 3.63) is 29.7 Å². The van der Waals surface area contributed by atoms with Crippen LogP contribution in [-0.4, -0.2) is 56.4 Å². The SMILES string of the molecule is COc1ccc(OC)c(-c2nc(CN3CCO[C@@H](CN)C3)c(C)o2)c1. The van der Waals surface area contributed by atoms with E-state index >= 15 is 0 Å². The van der Waals surface area contributed by atoms with Crippen molar-refractivity contribution in [3.8, 4) is 23.0 Å². The number of nitrogens with two attached hydrogens (primary N) is 1. The van der Waals surface area contributed by atoms with E-state index in [4.69, 9.17) is 29.3 Å². The van der Waals surface area contributed by atoms with E-state index < -0.39 is 0 Å². The molecule has 136 valence electrons. The molecule has 2 heterocycles. The highest BCUT2D eigenvalue weighted by Gasteiger charge is 2.22. The van der Waals surface area contributed by atoms with Crippen LogP contribution in [0.2, 0.25) is 0 Å². The fourth-order valence-corrected chi connectivity index (χ4v) is 2.95. The highest BCUT2D eigenvalue weighted by atomic mass is 16.5. The van der Waals surface area contributed by atoms with Crippen molar-refractivity contribution in [2.45, 2.75) is 19.6 Å². The molecule has 0 unspecified atom stereocenters. The van der Waals surface area contributed by atoms with Gasteiger partial charge in [0.15, 0.2) is 0 Å². The molecule has 0 amide bonds. The van der Waals surface area contributed by atoms with Crippen molar-refractivity contribution in [2.24, 2.45) is 5.73 Å². The van der Waals surface area contributed by atoms with Crippen LogP contribution < -0.4 is 15.2 Å². The third-order valence-corrected chi connectivity index (χ3v) is 4.39. The van der Waals surface area contributed by atoms with E-state index in [0.29, 0.717) is 31.3 Å². The molecule has 0 saturated carbocycles. The van der Waals surface area contributed by atoms with Gasteiger partial charge in [-0.1, -0.05) is 0 Å². The molecule has 1 aliphatic heterocycles. The fourth-order valence-electron chi connectivity index (χ4n) is 2.95. The number of benzene rings is 1. The summed E-state index contributed by atoms with van der Waals surface area (Å²) in [7, 11) is 3.26. The molecule has 2 N–H and O–H groups in total. The maximum Gasteiger partial charge on any atom is 0.230 e. The summed E-state index contributed by atoms with van der Waals surface area (Å²) >= 11 is 0. The molecule has 3 rings (SSSR count). The van der Waals surface area contributed by atoms with Gasteiger partial charge in [-0.15, -0.1) is 0 Å². The summed E-state index contributed by atoms with van der Waals surface area (Å²) in [5, 5.41) is 0. The van der Waals surface area contributed by atoms with Crippen LogP contribution >= 0.6 is 0 Å². The van der Waals surface area contributed by atoms with Gasteiger partial charge in [-0.2, -0.15) is 0 Å². The van der Waals surface area contributed by atoms with Crippen molar-refractivity contribution in [2.75, 3.05) is 40.5 Å². The zero-order valence-electron chi connectivity index (χ0n) is 14.9. The Kier molecular flexibility index (Phi) is 5.57. The quantitative estimate of drug-likeness (QED) is 0.853. The van der Waals surface area contributed by atoms with Gasteiger partial charge in [0, 0.05) is 26.2 Å². The molecule has 1 aromatic carbocycles. The standard InChI is InChI=1S/C18H25N3O4/c1-12-16(11-21-6-7-24-14(9-19)10-21)20-18(25-12)15-8-13(22-2)4-5-17(15)23-3/h4-5,8,14H,6-7,9-11,19H2,1-3H3/t14-/m0/s1. The minimum atomic E-state index is 0.0823. The molecule has 7 nitrogen and oxygen atoms in total. The van der Waals surface area contributed by atoms with Crippen LogP contribution in [0.4, 0.5) is 0 Å². The number of oxazole rings is 1. The monoisotopic (exact) mass is 347 g/mol. The van der Waals surface area contributed by atoms with Crippen LogP contribution in [0.1, 0.15) is 11.5 Å². The van der Waals surface area contributed by atoms with E-state index in [1.165, 1.54) is 0 Å². The molecular formula is C18H25N3O4. The number of methoxy groups -OCH3 is 2. The van der Waals surface area contributed by atoms with E-state index in [2.05, 4.69) is 4.90 Å². The average Bonchev–Trinajstić information content (AvgIpc) is 3.01. The first-order chi connectivity index (χ1) is 12.1. The Hall–Kier alpha value is -2.09. The van der Waals surface area contributed by atoms with E-state index in [0.717, 1.165) is 35.9 Å². The lowest BCUT2D eigenvalue weighted by molar-refractivity contribution is -0.0264. The van der Waals surface area contributed by atoms with Gasteiger partial charge in [0.2, 0.25) is 5.89 Å². The molecule has 1 aromatic heterocycles. The number of hydrogen-bond donors (Lipinski definition) is 1. The highest BCUT2D eigenvalue weighted by molar-refractivity contribution is 5.65. The number of aromatic nitrogens is 1. The van der Waals surface area contributed by atoms with Gasteiger partial charge in [0.25, 0.3) is 0 Å². The summed E-state index contributed by atoms with van der Waals surface area (Å²) in [6.45, 7) is 5.53. The first-order valence-electron chi connectivity index (χ1n) is 8.37. The molecule has 2 aromatic rings. The lowest BCUT2D eigenvalue weighted by atomic mass is 10.2. The Labute approximate surface area is 147 Å². The minimum absolute atomic E-state index is 0.0823. The largest absolute Gasteiger partial charge is 0.497 e. The van der Waals surface area contributed by atoms with Gasteiger partial charge in [-0.05, 0) is 25.1 Å². The molecule has 1 saturated heterocycles. The van der Waals surface area contributed by atoms with Gasteiger partial charge in [-0.3, -0.25) is 4.90 Å². The summed E-state index contributed by atoms with van der Waals surface area (Å²) in [6, 6.07) is 5.56. The third kappa shape index (κ3) is 3.95. The van der Waals surface area contributed by atoms with Crippen molar-refractivity contribution in [1.29, 1.82) is 0 Å². The van der Waals surface area contributed by atoms with Gasteiger partial charge in [0.05, 0.1) is 38.2 Å². The summed E-state index contributed by atoms with van der Waals surface area (Å²) in [6.07, 6.45) is 0.0823. The van der Waals surface area contributed by atoms with E-state index in [9.17, 15) is 0 Å². The summed E-state index contributed by atoms with van der Waals surface area (Å²) < 4.78 is 22.3. The summed E-state index contributed by atoms with van der Waals surface area (Å²) in [5.74, 6) is 2.76. The molecule has 0 spiro atoms. The van der Waals surface area contributed by atoms with Crippen LogP contribution in [0.25, 0.3) is 11.5 Å². The Bertz CT molecular complexity index is 716. The van der Waals surface area contributed by atoms with E-state index in [1.54, 1.807) is 14.2 Å². The van der Waals surface area contributed by atoms with Gasteiger partial charge in [0.1, 0.15) is 17.3 Å². The van der Waals surface area contributed by atoms with Crippen LogP contribution in [0.15, 0.2) is 22.6 Å².